The van der Waals surface area contributed by atoms with Crippen molar-refractivity contribution in [2.45, 2.75) is 50.7 Å². The molecule has 1 aliphatic heterocycles. The molecule has 1 amide bonds. The monoisotopic (exact) mass is 409 g/mol. The average molecular weight is 410 g/mol. The molecule has 0 aliphatic carbocycles. The van der Waals surface area contributed by atoms with E-state index in [2.05, 4.69) is 15.6 Å². The van der Waals surface area contributed by atoms with Crippen LogP contribution in [0.3, 0.4) is 0 Å². The van der Waals surface area contributed by atoms with Crippen LogP contribution >= 0.6 is 0 Å². The lowest BCUT2D eigenvalue weighted by molar-refractivity contribution is -0.121. The average Bonchev–Trinajstić information content (AvgIpc) is 3.34. The molecular weight excluding hydrogens is 382 g/mol. The topological polar surface area (TPSA) is 106 Å². The summed E-state index contributed by atoms with van der Waals surface area (Å²) in [5, 5.41) is 11.0. The number of benzene rings is 1. The third-order valence-electron chi connectivity index (χ3n) is 4.93. The number of carbonyl (C=O) groups is 1. The van der Waals surface area contributed by atoms with Crippen LogP contribution in [0.1, 0.15) is 33.1 Å². The van der Waals surface area contributed by atoms with Gasteiger partial charge in [-0.3, -0.25) is 4.79 Å². The molecular formula is C18H27N5O4S. The smallest absolute Gasteiger partial charge is 0.243 e. The van der Waals surface area contributed by atoms with E-state index < -0.39 is 10.0 Å². The van der Waals surface area contributed by atoms with Gasteiger partial charge in [0.25, 0.3) is 0 Å². The largest absolute Gasteiger partial charge is 0.376 e. The second kappa shape index (κ2) is 8.97. The van der Waals surface area contributed by atoms with E-state index in [-0.39, 0.29) is 23.3 Å². The fourth-order valence-corrected chi connectivity index (χ4v) is 4.80. The summed E-state index contributed by atoms with van der Waals surface area (Å²) >= 11 is 0. The molecule has 10 heteroatoms. The van der Waals surface area contributed by atoms with Crippen LogP contribution in [0, 0.1) is 0 Å². The first kappa shape index (κ1) is 20.7. The number of nitrogens with one attached hydrogen (secondary N) is 1. The highest BCUT2D eigenvalue weighted by atomic mass is 32.2. The minimum atomic E-state index is -3.54. The summed E-state index contributed by atoms with van der Waals surface area (Å²) < 4.78 is 33.8. The minimum absolute atomic E-state index is 0.0696. The standard InChI is InChI=1S/C18H27N5O4S/c1-3-22(4-2)28(25,26)15-7-8-17-16(12-15)20-21-23(17)10-9-18(24)19-13-14-6-5-11-27-14/h7-8,12,14H,3-6,9-11,13H2,1-2H3,(H,19,24)/t14-/m1/s1. The van der Waals surface area contributed by atoms with Gasteiger partial charge in [0.2, 0.25) is 15.9 Å². The Balaban J connectivity index is 1.64. The Morgan fingerprint density at radius 1 is 1.36 bits per heavy atom. The van der Waals surface area contributed by atoms with Crippen molar-refractivity contribution in [3.05, 3.63) is 18.2 Å². The van der Waals surface area contributed by atoms with E-state index in [1.54, 1.807) is 30.7 Å². The molecule has 1 aromatic carbocycles. The number of amides is 1. The number of ether oxygens (including phenoxy) is 1. The molecule has 0 bridgehead atoms. The van der Waals surface area contributed by atoms with Gasteiger partial charge in [-0.2, -0.15) is 4.31 Å². The molecule has 1 fully saturated rings. The molecule has 1 N–H and O–H groups in total. The fraction of sp³-hybridized carbons (Fsp3) is 0.611. The molecule has 0 saturated carbocycles. The lowest BCUT2D eigenvalue weighted by atomic mass is 10.2. The van der Waals surface area contributed by atoms with Gasteiger partial charge in [-0.25, -0.2) is 13.1 Å². The van der Waals surface area contributed by atoms with Crippen molar-refractivity contribution >= 4 is 27.0 Å². The summed E-state index contributed by atoms with van der Waals surface area (Å²) in [6, 6.07) is 4.79. The molecule has 2 heterocycles. The molecule has 9 nitrogen and oxygen atoms in total. The van der Waals surface area contributed by atoms with E-state index in [0.717, 1.165) is 19.4 Å². The van der Waals surface area contributed by atoms with Crippen molar-refractivity contribution in [3.8, 4) is 0 Å². The van der Waals surface area contributed by atoms with Crippen LogP contribution in [0.5, 0.6) is 0 Å². The van der Waals surface area contributed by atoms with Crippen molar-refractivity contribution in [2.24, 2.45) is 0 Å². The third kappa shape index (κ3) is 4.50. The van der Waals surface area contributed by atoms with E-state index in [1.807, 2.05) is 0 Å². The second-order valence-corrected chi connectivity index (χ2v) is 8.68. The molecule has 154 valence electrons. The van der Waals surface area contributed by atoms with Crippen LogP contribution in [0.25, 0.3) is 11.0 Å². The Kier molecular flexibility index (Phi) is 6.63. The first-order valence-electron chi connectivity index (χ1n) is 9.67. The molecule has 0 radical (unpaired) electrons. The van der Waals surface area contributed by atoms with E-state index >= 15 is 0 Å². The Labute approximate surface area is 165 Å². The van der Waals surface area contributed by atoms with Gasteiger partial charge in [0, 0.05) is 32.7 Å². The molecule has 3 rings (SSSR count). The van der Waals surface area contributed by atoms with Crippen molar-refractivity contribution < 1.29 is 17.9 Å². The number of nitrogens with zero attached hydrogens (tertiary/aromatic N) is 4. The molecule has 2 aromatic rings. The highest BCUT2D eigenvalue weighted by Gasteiger charge is 2.22. The molecule has 0 unspecified atom stereocenters. The van der Waals surface area contributed by atoms with Crippen LogP contribution in [0.15, 0.2) is 23.1 Å². The van der Waals surface area contributed by atoms with Crippen LogP contribution in [0.2, 0.25) is 0 Å². The zero-order valence-electron chi connectivity index (χ0n) is 16.3. The van der Waals surface area contributed by atoms with Gasteiger partial charge in [-0.15, -0.1) is 5.10 Å². The Morgan fingerprint density at radius 3 is 2.82 bits per heavy atom. The second-order valence-electron chi connectivity index (χ2n) is 6.74. The van der Waals surface area contributed by atoms with Crippen LogP contribution in [0.4, 0.5) is 0 Å². The predicted molar refractivity (Wildman–Crippen MR) is 104 cm³/mol. The van der Waals surface area contributed by atoms with E-state index in [4.69, 9.17) is 4.74 Å². The van der Waals surface area contributed by atoms with Gasteiger partial charge >= 0.3 is 0 Å². The summed E-state index contributed by atoms with van der Waals surface area (Å²) in [6.07, 6.45) is 2.40. The maximum Gasteiger partial charge on any atom is 0.243 e. The maximum atomic E-state index is 12.6. The highest BCUT2D eigenvalue weighted by molar-refractivity contribution is 7.89. The van der Waals surface area contributed by atoms with Crippen LogP contribution in [-0.4, -0.2) is 66.0 Å². The lowest BCUT2D eigenvalue weighted by Crippen LogP contribution is -2.32. The van der Waals surface area contributed by atoms with Gasteiger partial charge in [-0.1, -0.05) is 19.1 Å². The van der Waals surface area contributed by atoms with E-state index in [9.17, 15) is 13.2 Å². The minimum Gasteiger partial charge on any atom is -0.376 e. The van der Waals surface area contributed by atoms with Crippen molar-refractivity contribution in [2.75, 3.05) is 26.2 Å². The number of hydrogen-bond donors (Lipinski definition) is 1. The zero-order chi connectivity index (χ0) is 20.1. The zero-order valence-corrected chi connectivity index (χ0v) is 17.1. The first-order chi connectivity index (χ1) is 13.5. The number of carbonyl (C=O) groups excluding carboxylic acids is 1. The number of hydrogen-bond acceptors (Lipinski definition) is 6. The number of aryl methyl sites for hydroxylation is 1. The van der Waals surface area contributed by atoms with Crippen molar-refractivity contribution in [3.63, 3.8) is 0 Å². The van der Waals surface area contributed by atoms with Gasteiger partial charge < -0.3 is 10.1 Å². The normalized spacial score (nSPS) is 17.5. The first-order valence-corrected chi connectivity index (χ1v) is 11.1. The summed E-state index contributed by atoms with van der Waals surface area (Å²) in [4.78, 5) is 12.2. The SMILES string of the molecule is CCN(CC)S(=O)(=O)c1ccc2c(c1)nnn2CCC(=O)NC[C@H]1CCCO1. The summed E-state index contributed by atoms with van der Waals surface area (Å²) in [5.74, 6) is -0.0696. The number of aromatic nitrogens is 3. The van der Waals surface area contributed by atoms with Crippen LogP contribution in [-0.2, 0) is 26.1 Å². The molecule has 1 atom stereocenters. The maximum absolute atomic E-state index is 12.6. The van der Waals surface area contributed by atoms with E-state index in [1.165, 1.54) is 10.4 Å². The Bertz CT molecular complexity index is 917. The molecule has 1 aromatic heterocycles. The molecule has 1 aliphatic rings. The van der Waals surface area contributed by atoms with Crippen molar-refractivity contribution in [1.29, 1.82) is 0 Å². The molecule has 0 spiro atoms. The summed E-state index contributed by atoms with van der Waals surface area (Å²) in [6.45, 7) is 6.09. The Morgan fingerprint density at radius 2 is 2.14 bits per heavy atom. The Hall–Kier alpha value is -2.04. The van der Waals surface area contributed by atoms with Gasteiger partial charge in [-0.05, 0) is 31.0 Å². The third-order valence-corrected chi connectivity index (χ3v) is 6.98. The fourth-order valence-electron chi connectivity index (χ4n) is 3.32. The van der Waals surface area contributed by atoms with Gasteiger partial charge in [0.05, 0.1) is 23.1 Å². The lowest BCUT2D eigenvalue weighted by Gasteiger charge is -2.18. The number of sulfonamides is 1. The van der Waals surface area contributed by atoms with Gasteiger partial charge in [0.1, 0.15) is 5.52 Å². The quantitative estimate of drug-likeness (QED) is 0.666. The summed E-state index contributed by atoms with van der Waals surface area (Å²) in [7, 11) is -3.54. The highest BCUT2D eigenvalue weighted by Crippen LogP contribution is 2.20. The molecule has 28 heavy (non-hydrogen) atoms. The predicted octanol–water partition coefficient (Wildman–Crippen LogP) is 1.15. The van der Waals surface area contributed by atoms with Crippen LogP contribution < -0.4 is 5.32 Å². The van der Waals surface area contributed by atoms with Crippen molar-refractivity contribution in [1.82, 2.24) is 24.6 Å². The molecule has 1 saturated heterocycles. The number of rotatable bonds is 9. The van der Waals surface area contributed by atoms with Gasteiger partial charge in [0.15, 0.2) is 0 Å². The van der Waals surface area contributed by atoms with E-state index in [0.29, 0.717) is 37.2 Å². The number of fused-ring (bicyclic) bond motifs is 1. The summed E-state index contributed by atoms with van der Waals surface area (Å²) in [5.41, 5.74) is 1.19.